The molecule has 0 saturated carbocycles. The third kappa shape index (κ3) is 3.25. The molecular formula is C13H16N4O2. The van der Waals surface area contributed by atoms with Crippen LogP contribution in [0.15, 0.2) is 24.3 Å². The summed E-state index contributed by atoms with van der Waals surface area (Å²) in [6.45, 7) is 2.23. The highest BCUT2D eigenvalue weighted by atomic mass is 16.2. The zero-order valence-electron chi connectivity index (χ0n) is 10.6. The van der Waals surface area contributed by atoms with Gasteiger partial charge in [0.05, 0.1) is 0 Å². The molecule has 2 aromatic rings. The van der Waals surface area contributed by atoms with Gasteiger partial charge in [-0.3, -0.25) is 9.59 Å². The number of rotatable bonds is 4. The lowest BCUT2D eigenvalue weighted by Gasteiger charge is -2.03. The number of nitrogens with one attached hydrogen (secondary N) is 3. The van der Waals surface area contributed by atoms with E-state index in [1.165, 1.54) is 6.92 Å². The van der Waals surface area contributed by atoms with Crippen molar-refractivity contribution >= 4 is 28.4 Å². The lowest BCUT2D eigenvalue weighted by atomic mass is 10.2. The monoisotopic (exact) mass is 260 g/mol. The highest BCUT2D eigenvalue weighted by Crippen LogP contribution is 2.18. The van der Waals surface area contributed by atoms with Crippen molar-refractivity contribution in [2.24, 2.45) is 0 Å². The Morgan fingerprint density at radius 1 is 1.21 bits per heavy atom. The molecule has 0 aliphatic rings. The van der Waals surface area contributed by atoms with Gasteiger partial charge in [-0.05, 0) is 24.3 Å². The fourth-order valence-corrected chi connectivity index (χ4v) is 1.78. The van der Waals surface area contributed by atoms with E-state index in [2.05, 4.69) is 15.6 Å². The number of carbonyl (C=O) groups excluding carboxylic acids is 2. The van der Waals surface area contributed by atoms with Crippen LogP contribution in [0.1, 0.15) is 17.4 Å². The number of H-pyrrole nitrogens is 1. The van der Waals surface area contributed by atoms with Gasteiger partial charge in [-0.15, -0.1) is 0 Å². The van der Waals surface area contributed by atoms with Gasteiger partial charge < -0.3 is 21.4 Å². The number of hydrogen-bond donors (Lipinski definition) is 4. The number of hydrogen-bond acceptors (Lipinski definition) is 3. The maximum absolute atomic E-state index is 11.9. The maximum atomic E-state index is 11.9. The van der Waals surface area contributed by atoms with Crippen LogP contribution < -0.4 is 16.4 Å². The summed E-state index contributed by atoms with van der Waals surface area (Å²) in [6.07, 6.45) is 0. The number of aromatic amines is 1. The van der Waals surface area contributed by atoms with Crippen molar-refractivity contribution in [3.63, 3.8) is 0 Å². The molecule has 0 unspecified atom stereocenters. The van der Waals surface area contributed by atoms with Crippen LogP contribution in [0.2, 0.25) is 0 Å². The molecule has 100 valence electrons. The second-order valence-corrected chi connectivity index (χ2v) is 4.27. The Bertz CT molecular complexity index is 618. The van der Waals surface area contributed by atoms with Gasteiger partial charge in [-0.2, -0.15) is 0 Å². The number of nitrogens with two attached hydrogens (primary N) is 1. The van der Waals surface area contributed by atoms with Gasteiger partial charge in [0.25, 0.3) is 5.91 Å². The Labute approximate surface area is 110 Å². The predicted molar refractivity (Wildman–Crippen MR) is 73.7 cm³/mol. The number of anilines is 1. The average molecular weight is 260 g/mol. The van der Waals surface area contributed by atoms with Crippen LogP contribution in [0.4, 0.5) is 5.69 Å². The first-order valence-corrected chi connectivity index (χ1v) is 5.97. The SMILES string of the molecule is CC(=O)NCCNC(=O)c1cc2cc(N)ccc2[nH]1. The van der Waals surface area contributed by atoms with Gasteiger partial charge in [-0.1, -0.05) is 0 Å². The smallest absolute Gasteiger partial charge is 0.267 e. The third-order valence-electron chi connectivity index (χ3n) is 2.67. The van der Waals surface area contributed by atoms with Crippen molar-refractivity contribution in [1.82, 2.24) is 15.6 Å². The molecule has 0 radical (unpaired) electrons. The summed E-state index contributed by atoms with van der Waals surface area (Å²) < 4.78 is 0. The molecule has 1 heterocycles. The Morgan fingerprint density at radius 3 is 2.68 bits per heavy atom. The lowest BCUT2D eigenvalue weighted by molar-refractivity contribution is -0.118. The third-order valence-corrected chi connectivity index (χ3v) is 2.67. The Morgan fingerprint density at radius 2 is 1.95 bits per heavy atom. The van der Waals surface area contributed by atoms with Crippen LogP contribution in [0, 0.1) is 0 Å². The lowest BCUT2D eigenvalue weighted by Crippen LogP contribution is -2.33. The molecule has 19 heavy (non-hydrogen) atoms. The molecular weight excluding hydrogens is 244 g/mol. The van der Waals surface area contributed by atoms with Crippen molar-refractivity contribution in [2.45, 2.75) is 6.92 Å². The fraction of sp³-hybridized carbons (Fsp3) is 0.231. The number of fused-ring (bicyclic) bond motifs is 1. The minimum Gasteiger partial charge on any atom is -0.399 e. The highest BCUT2D eigenvalue weighted by molar-refractivity contribution is 5.98. The van der Waals surface area contributed by atoms with Crippen LogP contribution in [-0.4, -0.2) is 29.9 Å². The van der Waals surface area contributed by atoms with E-state index in [9.17, 15) is 9.59 Å². The quantitative estimate of drug-likeness (QED) is 0.479. The zero-order chi connectivity index (χ0) is 13.8. The molecule has 0 fully saturated rings. The number of aromatic nitrogens is 1. The van der Waals surface area contributed by atoms with Gasteiger partial charge in [-0.25, -0.2) is 0 Å². The summed E-state index contributed by atoms with van der Waals surface area (Å²) in [6, 6.07) is 7.16. The molecule has 2 amide bonds. The van der Waals surface area contributed by atoms with E-state index in [-0.39, 0.29) is 11.8 Å². The summed E-state index contributed by atoms with van der Waals surface area (Å²) in [5.41, 5.74) is 7.68. The van der Waals surface area contributed by atoms with Crippen LogP contribution >= 0.6 is 0 Å². The minimum atomic E-state index is -0.208. The van der Waals surface area contributed by atoms with E-state index in [0.717, 1.165) is 10.9 Å². The molecule has 6 heteroatoms. The van der Waals surface area contributed by atoms with E-state index < -0.39 is 0 Å². The van der Waals surface area contributed by atoms with Gasteiger partial charge in [0.2, 0.25) is 5.91 Å². The van der Waals surface area contributed by atoms with Crippen LogP contribution in [-0.2, 0) is 4.79 Å². The summed E-state index contributed by atoms with van der Waals surface area (Å²) in [5, 5.41) is 6.22. The molecule has 0 atom stereocenters. The average Bonchev–Trinajstić information content (AvgIpc) is 2.77. The van der Waals surface area contributed by atoms with E-state index in [1.807, 2.05) is 6.07 Å². The molecule has 0 saturated heterocycles. The van der Waals surface area contributed by atoms with Crippen molar-refractivity contribution < 1.29 is 9.59 Å². The second kappa shape index (κ2) is 5.43. The van der Waals surface area contributed by atoms with Crippen LogP contribution in [0.3, 0.4) is 0 Å². The Kier molecular flexibility index (Phi) is 3.70. The second-order valence-electron chi connectivity index (χ2n) is 4.27. The Balaban J connectivity index is 1.99. The van der Waals surface area contributed by atoms with E-state index in [0.29, 0.717) is 24.5 Å². The molecule has 6 nitrogen and oxygen atoms in total. The van der Waals surface area contributed by atoms with Gasteiger partial charge in [0.15, 0.2) is 0 Å². The number of nitrogen functional groups attached to an aromatic ring is 1. The largest absolute Gasteiger partial charge is 0.399 e. The standard InChI is InChI=1S/C13H16N4O2/c1-8(18)15-4-5-16-13(19)12-7-9-6-10(14)2-3-11(9)17-12/h2-3,6-7,17H,4-5,14H2,1H3,(H,15,18)(H,16,19). The topological polar surface area (TPSA) is 100 Å². The van der Waals surface area contributed by atoms with Crippen molar-refractivity contribution in [3.8, 4) is 0 Å². The van der Waals surface area contributed by atoms with Crippen LogP contribution in [0.25, 0.3) is 10.9 Å². The summed E-state index contributed by atoms with van der Waals surface area (Å²) >= 11 is 0. The first-order chi connectivity index (χ1) is 9.06. The molecule has 1 aromatic heterocycles. The van der Waals surface area contributed by atoms with Crippen LogP contribution in [0.5, 0.6) is 0 Å². The van der Waals surface area contributed by atoms with Gasteiger partial charge in [0, 0.05) is 36.6 Å². The maximum Gasteiger partial charge on any atom is 0.267 e. The first kappa shape index (κ1) is 12.9. The summed E-state index contributed by atoms with van der Waals surface area (Å²) in [4.78, 5) is 25.5. The van der Waals surface area contributed by atoms with Crippen molar-refractivity contribution in [3.05, 3.63) is 30.0 Å². The summed E-state index contributed by atoms with van der Waals surface area (Å²) in [7, 11) is 0. The fourth-order valence-electron chi connectivity index (χ4n) is 1.78. The minimum absolute atomic E-state index is 0.115. The Hall–Kier alpha value is -2.50. The number of carbonyl (C=O) groups is 2. The molecule has 0 spiro atoms. The molecule has 0 bridgehead atoms. The highest BCUT2D eigenvalue weighted by Gasteiger charge is 2.08. The van der Waals surface area contributed by atoms with Gasteiger partial charge in [0.1, 0.15) is 5.69 Å². The zero-order valence-corrected chi connectivity index (χ0v) is 10.6. The van der Waals surface area contributed by atoms with E-state index >= 15 is 0 Å². The predicted octanol–water partition coefficient (Wildman–Crippen LogP) is 0.616. The summed E-state index contributed by atoms with van der Waals surface area (Å²) in [5.74, 6) is -0.324. The molecule has 5 N–H and O–H groups in total. The van der Waals surface area contributed by atoms with Gasteiger partial charge >= 0.3 is 0 Å². The molecule has 2 rings (SSSR count). The molecule has 0 aliphatic heterocycles. The first-order valence-electron chi connectivity index (χ1n) is 5.97. The normalized spacial score (nSPS) is 10.4. The van der Waals surface area contributed by atoms with Crippen molar-refractivity contribution in [1.29, 1.82) is 0 Å². The molecule has 1 aromatic carbocycles. The van der Waals surface area contributed by atoms with E-state index in [1.54, 1.807) is 18.2 Å². The number of benzene rings is 1. The molecule has 0 aliphatic carbocycles. The number of amides is 2. The van der Waals surface area contributed by atoms with E-state index in [4.69, 9.17) is 5.73 Å². The van der Waals surface area contributed by atoms with Crippen molar-refractivity contribution in [2.75, 3.05) is 18.8 Å².